The van der Waals surface area contributed by atoms with E-state index in [9.17, 15) is 4.79 Å². The number of hydrogen-bond acceptors (Lipinski definition) is 2. The molecular weight excluding hydrogens is 324 g/mol. The highest BCUT2D eigenvalue weighted by Gasteiger charge is 2.20. The van der Waals surface area contributed by atoms with Crippen LogP contribution in [-0.2, 0) is 4.79 Å². The molecule has 1 amide bonds. The van der Waals surface area contributed by atoms with Gasteiger partial charge in [-0.1, -0.05) is 50.6 Å². The third-order valence-electron chi connectivity index (χ3n) is 3.42. The number of carbonyl (C=O) groups excluding carboxylic acids is 1. The summed E-state index contributed by atoms with van der Waals surface area (Å²) in [4.78, 5) is 16.3. The minimum absolute atomic E-state index is 0.0279. The van der Waals surface area contributed by atoms with E-state index in [0.717, 1.165) is 17.1 Å². The van der Waals surface area contributed by atoms with Crippen molar-refractivity contribution >= 4 is 23.5 Å². The lowest BCUT2D eigenvalue weighted by molar-refractivity contribution is -0.128. The molecule has 0 saturated heterocycles. The van der Waals surface area contributed by atoms with Crippen LogP contribution in [0.15, 0.2) is 29.3 Å². The molecule has 1 rings (SSSR count). The zero-order chi connectivity index (χ0) is 18.2. The summed E-state index contributed by atoms with van der Waals surface area (Å²) < 4.78 is 0. The van der Waals surface area contributed by atoms with Gasteiger partial charge in [-0.3, -0.25) is 9.79 Å². The second-order valence-electron chi connectivity index (χ2n) is 6.65. The molecule has 0 aromatic heterocycles. The van der Waals surface area contributed by atoms with Crippen LogP contribution in [0.1, 0.15) is 46.2 Å². The van der Waals surface area contributed by atoms with Gasteiger partial charge in [0.1, 0.15) is 0 Å². The van der Waals surface area contributed by atoms with E-state index < -0.39 is 0 Å². The van der Waals surface area contributed by atoms with E-state index >= 15 is 0 Å². The molecular formula is C18H29ClN4O. The van der Waals surface area contributed by atoms with Crippen molar-refractivity contribution in [3.63, 3.8) is 0 Å². The molecule has 134 valence electrons. The Morgan fingerprint density at radius 3 is 2.50 bits per heavy atom. The van der Waals surface area contributed by atoms with Crippen LogP contribution >= 0.6 is 11.6 Å². The van der Waals surface area contributed by atoms with Crippen LogP contribution in [0, 0.1) is 5.41 Å². The lowest BCUT2D eigenvalue weighted by Crippen LogP contribution is -2.40. The van der Waals surface area contributed by atoms with Gasteiger partial charge in [0.05, 0.1) is 12.6 Å². The van der Waals surface area contributed by atoms with Crippen molar-refractivity contribution < 1.29 is 4.79 Å². The maximum absolute atomic E-state index is 11.8. The second kappa shape index (κ2) is 9.52. The number of carbonyl (C=O) groups is 1. The fraction of sp³-hybridized carbons (Fsp3) is 0.556. The number of amides is 1. The van der Waals surface area contributed by atoms with Gasteiger partial charge in [0.25, 0.3) is 0 Å². The standard InChI is InChI=1S/C18H29ClN4O/c1-6-20-17(22-12-11-21-16(24)18(3,4)5)23-13(2)14-9-7-8-10-15(14)19/h7-10,13H,6,11-12H2,1-5H3,(H,21,24)(H2,20,22,23). The smallest absolute Gasteiger partial charge is 0.225 e. The monoisotopic (exact) mass is 352 g/mol. The topological polar surface area (TPSA) is 65.5 Å². The number of rotatable bonds is 6. The van der Waals surface area contributed by atoms with Crippen LogP contribution in [0.25, 0.3) is 0 Å². The van der Waals surface area contributed by atoms with E-state index in [1.807, 2.05) is 58.9 Å². The molecule has 0 saturated carbocycles. The largest absolute Gasteiger partial charge is 0.357 e. The molecule has 0 fully saturated rings. The van der Waals surface area contributed by atoms with E-state index in [1.165, 1.54) is 0 Å². The summed E-state index contributed by atoms with van der Waals surface area (Å²) in [5.41, 5.74) is 0.635. The molecule has 1 aromatic carbocycles. The highest BCUT2D eigenvalue weighted by molar-refractivity contribution is 6.31. The van der Waals surface area contributed by atoms with Gasteiger partial charge in [0, 0.05) is 23.5 Å². The normalized spacial score (nSPS) is 13.3. The molecule has 0 bridgehead atoms. The third-order valence-corrected chi connectivity index (χ3v) is 3.76. The first kappa shape index (κ1) is 20.3. The van der Waals surface area contributed by atoms with Crippen molar-refractivity contribution in [2.24, 2.45) is 10.4 Å². The quantitative estimate of drug-likeness (QED) is 0.418. The predicted molar refractivity (Wildman–Crippen MR) is 101 cm³/mol. The number of benzene rings is 1. The molecule has 0 aliphatic carbocycles. The minimum Gasteiger partial charge on any atom is -0.357 e. The number of aliphatic imine (C=N–C) groups is 1. The van der Waals surface area contributed by atoms with E-state index in [1.54, 1.807) is 0 Å². The molecule has 6 heteroatoms. The molecule has 0 radical (unpaired) electrons. The summed E-state index contributed by atoms with van der Waals surface area (Å²) in [6.45, 7) is 11.5. The molecule has 0 aliphatic heterocycles. The van der Waals surface area contributed by atoms with E-state index in [2.05, 4.69) is 20.9 Å². The van der Waals surface area contributed by atoms with Crippen LogP contribution in [0.4, 0.5) is 0 Å². The highest BCUT2D eigenvalue weighted by Crippen LogP contribution is 2.21. The summed E-state index contributed by atoms with van der Waals surface area (Å²) in [6, 6.07) is 7.77. The van der Waals surface area contributed by atoms with Crippen molar-refractivity contribution in [3.05, 3.63) is 34.9 Å². The van der Waals surface area contributed by atoms with Crippen LogP contribution in [0.3, 0.4) is 0 Å². The van der Waals surface area contributed by atoms with Crippen molar-refractivity contribution in [3.8, 4) is 0 Å². The third kappa shape index (κ3) is 6.79. The second-order valence-corrected chi connectivity index (χ2v) is 7.06. The van der Waals surface area contributed by atoms with Gasteiger partial charge >= 0.3 is 0 Å². The molecule has 0 aliphatic rings. The average Bonchev–Trinajstić information content (AvgIpc) is 2.50. The summed E-state index contributed by atoms with van der Waals surface area (Å²) in [7, 11) is 0. The van der Waals surface area contributed by atoms with E-state index in [-0.39, 0.29) is 17.4 Å². The highest BCUT2D eigenvalue weighted by atomic mass is 35.5. The number of nitrogens with one attached hydrogen (secondary N) is 3. The summed E-state index contributed by atoms with van der Waals surface area (Å²) in [6.07, 6.45) is 0. The first-order valence-corrected chi connectivity index (χ1v) is 8.71. The molecule has 0 heterocycles. The zero-order valence-corrected chi connectivity index (χ0v) is 16.0. The van der Waals surface area contributed by atoms with Gasteiger partial charge in [-0.25, -0.2) is 0 Å². The fourth-order valence-electron chi connectivity index (χ4n) is 2.03. The van der Waals surface area contributed by atoms with E-state index in [4.69, 9.17) is 11.6 Å². The Hall–Kier alpha value is -1.75. The molecule has 0 spiro atoms. The first-order valence-electron chi connectivity index (χ1n) is 8.33. The number of guanidine groups is 1. The first-order chi connectivity index (χ1) is 11.3. The van der Waals surface area contributed by atoms with Crippen molar-refractivity contribution in [1.29, 1.82) is 0 Å². The Bertz CT molecular complexity index is 566. The molecule has 3 N–H and O–H groups in total. The lowest BCUT2D eigenvalue weighted by atomic mass is 9.96. The van der Waals surface area contributed by atoms with Gasteiger partial charge in [-0.05, 0) is 25.5 Å². The molecule has 5 nitrogen and oxygen atoms in total. The Labute approximate surface area is 150 Å². The average molecular weight is 353 g/mol. The number of hydrogen-bond donors (Lipinski definition) is 3. The van der Waals surface area contributed by atoms with Crippen LogP contribution in [0.5, 0.6) is 0 Å². The fourth-order valence-corrected chi connectivity index (χ4v) is 2.33. The Morgan fingerprint density at radius 1 is 1.25 bits per heavy atom. The van der Waals surface area contributed by atoms with Crippen LogP contribution < -0.4 is 16.0 Å². The molecule has 1 aromatic rings. The Kier molecular flexibility index (Phi) is 8.05. The number of nitrogens with zero attached hydrogens (tertiary/aromatic N) is 1. The Morgan fingerprint density at radius 2 is 1.92 bits per heavy atom. The van der Waals surface area contributed by atoms with Crippen molar-refractivity contribution in [2.75, 3.05) is 19.6 Å². The lowest BCUT2D eigenvalue weighted by Gasteiger charge is -2.19. The molecule has 24 heavy (non-hydrogen) atoms. The molecule has 1 atom stereocenters. The van der Waals surface area contributed by atoms with Gasteiger partial charge in [-0.15, -0.1) is 0 Å². The zero-order valence-electron chi connectivity index (χ0n) is 15.2. The predicted octanol–water partition coefficient (Wildman–Crippen LogP) is 3.12. The van der Waals surface area contributed by atoms with Gasteiger partial charge in [0.15, 0.2) is 5.96 Å². The minimum atomic E-state index is -0.384. The maximum Gasteiger partial charge on any atom is 0.225 e. The van der Waals surface area contributed by atoms with Gasteiger partial charge < -0.3 is 16.0 Å². The number of halogens is 1. The molecule has 1 unspecified atom stereocenters. The maximum atomic E-state index is 11.8. The van der Waals surface area contributed by atoms with Crippen molar-refractivity contribution in [2.45, 2.75) is 40.7 Å². The Balaban J connectivity index is 2.60. The van der Waals surface area contributed by atoms with Gasteiger partial charge in [0.2, 0.25) is 5.91 Å². The van der Waals surface area contributed by atoms with Crippen LogP contribution in [-0.4, -0.2) is 31.5 Å². The van der Waals surface area contributed by atoms with Crippen LogP contribution in [0.2, 0.25) is 5.02 Å². The van der Waals surface area contributed by atoms with Gasteiger partial charge in [-0.2, -0.15) is 0 Å². The van der Waals surface area contributed by atoms with E-state index in [0.29, 0.717) is 19.0 Å². The summed E-state index contributed by atoms with van der Waals surface area (Å²) >= 11 is 6.24. The van der Waals surface area contributed by atoms with Crippen molar-refractivity contribution in [1.82, 2.24) is 16.0 Å². The summed E-state index contributed by atoms with van der Waals surface area (Å²) in [5, 5.41) is 10.2. The summed E-state index contributed by atoms with van der Waals surface area (Å²) in [5.74, 6) is 0.732. The SMILES string of the molecule is CCNC(=NCCNC(=O)C(C)(C)C)NC(C)c1ccccc1Cl.